The van der Waals surface area contributed by atoms with Gasteiger partial charge in [0.15, 0.2) is 0 Å². The number of nitrogens with one attached hydrogen (secondary N) is 2. The molecule has 0 bridgehead atoms. The molecule has 1 unspecified atom stereocenters. The summed E-state index contributed by atoms with van der Waals surface area (Å²) in [5.41, 5.74) is -0.963. The number of aromatic amines is 1. The van der Waals surface area contributed by atoms with Crippen LogP contribution in [0.2, 0.25) is 0 Å². The molecule has 10 nitrogen and oxygen atoms in total. The van der Waals surface area contributed by atoms with Crippen LogP contribution in [0.15, 0.2) is 66.7 Å². The van der Waals surface area contributed by atoms with Crippen LogP contribution in [0.3, 0.4) is 0 Å². The number of ether oxygens (including phenoxy) is 3. The normalized spacial score (nSPS) is 16.5. The first-order valence-corrected chi connectivity index (χ1v) is 11.8. The second-order valence-electron chi connectivity index (χ2n) is 8.75. The summed E-state index contributed by atoms with van der Waals surface area (Å²) in [5, 5.41) is 2.37. The van der Waals surface area contributed by atoms with Crippen LogP contribution >= 0.6 is 0 Å². The van der Waals surface area contributed by atoms with Gasteiger partial charge in [0.2, 0.25) is 11.7 Å². The topological polar surface area (TPSA) is 123 Å². The Morgan fingerprint density at radius 2 is 1.77 bits per heavy atom. The molecule has 0 radical (unpaired) electrons. The van der Waals surface area contributed by atoms with Gasteiger partial charge < -0.3 is 19.2 Å². The van der Waals surface area contributed by atoms with Crippen molar-refractivity contribution in [3.8, 4) is 5.75 Å². The standard InChI is InChI=1S/C27H21F3N4O6/c1-38-17-10-7-15(8-11-17)14-34-22(35)18-5-3-4-6-19(18)26(34,40-23(36)27(28,29)30)16-9-12-20-21(13-16)32-24(31-20)33-25(37)39-2/h3-13H,14H2,1-2H3,(H2,31,32,33,37). The predicted molar refractivity (Wildman–Crippen MR) is 134 cm³/mol. The molecule has 3 aromatic carbocycles. The van der Waals surface area contributed by atoms with Crippen molar-refractivity contribution in [1.29, 1.82) is 0 Å². The molecule has 0 fully saturated rings. The highest BCUT2D eigenvalue weighted by atomic mass is 19.4. The molecule has 0 saturated heterocycles. The van der Waals surface area contributed by atoms with Crippen LogP contribution in [0.1, 0.15) is 27.0 Å². The average Bonchev–Trinajstić information content (AvgIpc) is 3.45. The Morgan fingerprint density at radius 1 is 1.05 bits per heavy atom. The van der Waals surface area contributed by atoms with E-state index in [2.05, 4.69) is 20.0 Å². The van der Waals surface area contributed by atoms with E-state index in [9.17, 15) is 27.6 Å². The van der Waals surface area contributed by atoms with Crippen molar-refractivity contribution in [2.45, 2.75) is 18.4 Å². The molecule has 0 aliphatic carbocycles. The fourth-order valence-electron chi connectivity index (χ4n) is 4.60. The molecule has 13 heteroatoms. The summed E-state index contributed by atoms with van der Waals surface area (Å²) < 4.78 is 56.0. The minimum absolute atomic E-state index is 0.0123. The van der Waals surface area contributed by atoms with Crippen LogP contribution in [0, 0.1) is 0 Å². The summed E-state index contributed by atoms with van der Waals surface area (Å²) in [6.45, 7) is -0.210. The zero-order chi connectivity index (χ0) is 28.7. The van der Waals surface area contributed by atoms with Gasteiger partial charge in [0.05, 0.1) is 31.8 Å². The smallest absolute Gasteiger partial charge is 0.491 e. The third-order valence-corrected chi connectivity index (χ3v) is 6.40. The summed E-state index contributed by atoms with van der Waals surface area (Å²) in [6.07, 6.45) is -6.15. The van der Waals surface area contributed by atoms with Gasteiger partial charge in [-0.2, -0.15) is 13.2 Å². The van der Waals surface area contributed by atoms with E-state index >= 15 is 0 Å². The first-order chi connectivity index (χ1) is 19.1. The lowest BCUT2D eigenvalue weighted by molar-refractivity contribution is -0.222. The Kier molecular flexibility index (Phi) is 6.57. The average molecular weight is 554 g/mol. The molecule has 0 saturated carbocycles. The fraction of sp³-hybridized carbons (Fsp3) is 0.185. The lowest BCUT2D eigenvalue weighted by Crippen LogP contribution is -2.49. The zero-order valence-electron chi connectivity index (χ0n) is 21.0. The maximum Gasteiger partial charge on any atom is 0.491 e. The van der Waals surface area contributed by atoms with Crippen LogP contribution < -0.4 is 10.1 Å². The lowest BCUT2D eigenvalue weighted by atomic mass is 9.92. The molecule has 1 aromatic heterocycles. The summed E-state index contributed by atoms with van der Waals surface area (Å²) in [7, 11) is 2.65. The van der Waals surface area contributed by atoms with Gasteiger partial charge in [-0.1, -0.05) is 36.4 Å². The van der Waals surface area contributed by atoms with Gasteiger partial charge in [-0.05, 0) is 35.9 Å². The number of nitrogens with zero attached hydrogens (tertiary/aromatic N) is 2. The quantitative estimate of drug-likeness (QED) is 0.331. The number of esters is 1. The lowest BCUT2D eigenvalue weighted by Gasteiger charge is -2.39. The van der Waals surface area contributed by atoms with Crippen molar-refractivity contribution in [3.05, 3.63) is 89.0 Å². The zero-order valence-corrected chi connectivity index (χ0v) is 21.0. The van der Waals surface area contributed by atoms with E-state index in [0.717, 1.165) is 4.90 Å². The summed E-state index contributed by atoms with van der Waals surface area (Å²) in [6, 6.07) is 16.8. The van der Waals surface area contributed by atoms with Crippen LogP contribution in [-0.4, -0.2) is 53.2 Å². The van der Waals surface area contributed by atoms with E-state index in [1.54, 1.807) is 30.3 Å². The Morgan fingerprint density at radius 3 is 2.45 bits per heavy atom. The number of hydrogen-bond donors (Lipinski definition) is 2. The first-order valence-electron chi connectivity index (χ1n) is 11.8. The molecular weight excluding hydrogens is 533 g/mol. The van der Waals surface area contributed by atoms with Gasteiger partial charge in [-0.3, -0.25) is 15.0 Å². The van der Waals surface area contributed by atoms with Crippen molar-refractivity contribution >= 4 is 35.0 Å². The molecular formula is C27H21F3N4O6. The van der Waals surface area contributed by atoms with Gasteiger partial charge in [-0.25, -0.2) is 14.6 Å². The molecule has 1 aliphatic heterocycles. The number of rotatable bonds is 6. The van der Waals surface area contributed by atoms with Crippen molar-refractivity contribution in [1.82, 2.24) is 14.9 Å². The number of imidazole rings is 1. The Balaban J connectivity index is 1.70. The number of carbonyl (C=O) groups excluding carboxylic acids is 3. The number of methoxy groups -OCH3 is 2. The van der Waals surface area contributed by atoms with E-state index in [1.165, 1.54) is 50.6 Å². The third-order valence-electron chi connectivity index (χ3n) is 6.40. The molecule has 2 heterocycles. The molecule has 1 aliphatic rings. The van der Waals surface area contributed by atoms with E-state index in [1.807, 2.05) is 0 Å². The second kappa shape index (κ2) is 9.91. The van der Waals surface area contributed by atoms with Gasteiger partial charge in [-0.15, -0.1) is 0 Å². The van der Waals surface area contributed by atoms with Gasteiger partial charge in [0, 0.05) is 16.7 Å². The van der Waals surface area contributed by atoms with Crippen LogP contribution in [-0.2, 0) is 26.5 Å². The maximum absolute atomic E-state index is 13.7. The molecule has 40 heavy (non-hydrogen) atoms. The molecule has 2 amide bonds. The highest BCUT2D eigenvalue weighted by molar-refractivity contribution is 6.01. The van der Waals surface area contributed by atoms with E-state index < -0.39 is 29.9 Å². The maximum atomic E-state index is 13.7. The van der Waals surface area contributed by atoms with Crippen LogP contribution in [0.25, 0.3) is 11.0 Å². The number of carbonyl (C=O) groups is 3. The predicted octanol–water partition coefficient (Wildman–Crippen LogP) is 4.71. The Hall–Kier alpha value is -5.07. The second-order valence-corrected chi connectivity index (χ2v) is 8.75. The van der Waals surface area contributed by atoms with Crippen LogP contribution in [0.4, 0.5) is 23.9 Å². The van der Waals surface area contributed by atoms with Gasteiger partial charge in [0.1, 0.15) is 5.75 Å². The fourth-order valence-corrected chi connectivity index (χ4v) is 4.60. The van der Waals surface area contributed by atoms with Crippen molar-refractivity contribution < 1.29 is 41.8 Å². The summed E-state index contributed by atoms with van der Waals surface area (Å²) in [4.78, 5) is 45.9. The largest absolute Gasteiger partial charge is 0.497 e. The van der Waals surface area contributed by atoms with Crippen molar-refractivity contribution in [2.24, 2.45) is 0 Å². The number of hydrogen-bond acceptors (Lipinski definition) is 7. The number of alkyl halides is 3. The number of fused-ring (bicyclic) bond motifs is 2. The summed E-state index contributed by atoms with van der Waals surface area (Å²) in [5.74, 6) is -2.57. The number of amides is 2. The minimum Gasteiger partial charge on any atom is -0.497 e. The molecule has 206 valence electrons. The molecule has 5 rings (SSSR count). The van der Waals surface area contributed by atoms with Crippen molar-refractivity contribution in [3.63, 3.8) is 0 Å². The number of halogens is 3. The van der Waals surface area contributed by atoms with Gasteiger partial charge >= 0.3 is 18.2 Å². The van der Waals surface area contributed by atoms with E-state index in [0.29, 0.717) is 16.8 Å². The SMILES string of the molecule is COC(=O)Nc1nc2ccc(C3(OC(=O)C(F)(F)F)c4ccccc4C(=O)N3Cc3ccc(OC)cc3)cc2[nH]1. The molecule has 1 atom stereocenters. The number of H-pyrrole nitrogens is 1. The number of aromatic nitrogens is 2. The molecule has 0 spiro atoms. The monoisotopic (exact) mass is 554 g/mol. The molecule has 4 aromatic rings. The highest BCUT2D eigenvalue weighted by Gasteiger charge is 2.57. The highest BCUT2D eigenvalue weighted by Crippen LogP contribution is 2.47. The third kappa shape index (κ3) is 4.55. The summed E-state index contributed by atoms with van der Waals surface area (Å²) >= 11 is 0. The number of anilines is 1. The minimum atomic E-state index is -5.35. The van der Waals surface area contributed by atoms with Crippen molar-refractivity contribution in [2.75, 3.05) is 19.5 Å². The number of benzene rings is 3. The van der Waals surface area contributed by atoms with E-state index in [-0.39, 0.29) is 34.7 Å². The first kappa shape index (κ1) is 26.5. The Bertz CT molecular complexity index is 1620. The van der Waals surface area contributed by atoms with E-state index in [4.69, 9.17) is 9.47 Å². The Labute approximate surface area is 224 Å². The van der Waals surface area contributed by atoms with Gasteiger partial charge in [0.25, 0.3) is 5.91 Å². The molecule has 2 N–H and O–H groups in total. The van der Waals surface area contributed by atoms with Crippen LogP contribution in [0.5, 0.6) is 5.75 Å².